The molecular formula is C9H15NO4. The van der Waals surface area contributed by atoms with Crippen LogP contribution in [0.2, 0.25) is 0 Å². The summed E-state index contributed by atoms with van der Waals surface area (Å²) < 4.78 is 4.55. The van der Waals surface area contributed by atoms with Crippen LogP contribution in [-0.2, 0) is 14.3 Å². The third-order valence-electron chi connectivity index (χ3n) is 2.57. The van der Waals surface area contributed by atoms with Crippen molar-refractivity contribution in [1.29, 1.82) is 0 Å². The topological polar surface area (TPSA) is 75.6 Å². The van der Waals surface area contributed by atoms with Gasteiger partial charge in [-0.2, -0.15) is 0 Å². The van der Waals surface area contributed by atoms with Gasteiger partial charge in [0.25, 0.3) is 0 Å². The first-order chi connectivity index (χ1) is 6.47. The molecule has 2 atom stereocenters. The minimum absolute atomic E-state index is 0.216. The molecule has 1 aliphatic rings. The summed E-state index contributed by atoms with van der Waals surface area (Å²) in [6.07, 6.45) is 1.45. The van der Waals surface area contributed by atoms with Crippen LogP contribution in [0.3, 0.4) is 0 Å². The predicted octanol–water partition coefficient (Wildman–Crippen LogP) is 0.145. The van der Waals surface area contributed by atoms with Gasteiger partial charge in [-0.1, -0.05) is 0 Å². The molecule has 1 fully saturated rings. The number of rotatable bonds is 3. The fourth-order valence-electron chi connectivity index (χ4n) is 1.74. The van der Waals surface area contributed by atoms with Crippen LogP contribution in [0.5, 0.6) is 0 Å². The maximum absolute atomic E-state index is 11.0. The molecule has 14 heavy (non-hydrogen) atoms. The van der Waals surface area contributed by atoms with E-state index in [0.717, 1.165) is 0 Å². The molecule has 1 heterocycles. The number of methoxy groups -OCH3 is 1. The van der Waals surface area contributed by atoms with Crippen LogP contribution in [0.4, 0.5) is 0 Å². The minimum Gasteiger partial charge on any atom is -0.480 e. The summed E-state index contributed by atoms with van der Waals surface area (Å²) in [6.45, 7) is 1.84. The van der Waals surface area contributed by atoms with Gasteiger partial charge in [0, 0.05) is 5.54 Å². The minimum atomic E-state index is -0.862. The van der Waals surface area contributed by atoms with Gasteiger partial charge in [-0.25, -0.2) is 0 Å². The van der Waals surface area contributed by atoms with E-state index >= 15 is 0 Å². The molecular weight excluding hydrogens is 186 g/mol. The van der Waals surface area contributed by atoms with E-state index in [9.17, 15) is 9.59 Å². The van der Waals surface area contributed by atoms with Crippen molar-refractivity contribution in [2.45, 2.75) is 37.8 Å². The lowest BCUT2D eigenvalue weighted by Gasteiger charge is -2.23. The van der Waals surface area contributed by atoms with Gasteiger partial charge >= 0.3 is 11.9 Å². The van der Waals surface area contributed by atoms with Gasteiger partial charge in [0.1, 0.15) is 6.04 Å². The number of carboxylic acids is 1. The maximum atomic E-state index is 11.0. The molecule has 0 aromatic rings. The zero-order chi connectivity index (χ0) is 10.8. The van der Waals surface area contributed by atoms with Crippen LogP contribution in [0.25, 0.3) is 0 Å². The Bertz CT molecular complexity index is 253. The summed E-state index contributed by atoms with van der Waals surface area (Å²) in [4.78, 5) is 21.7. The number of hydrogen-bond donors (Lipinski definition) is 2. The fraction of sp³-hybridized carbons (Fsp3) is 0.778. The summed E-state index contributed by atoms with van der Waals surface area (Å²) in [5, 5.41) is 11.7. The Morgan fingerprint density at radius 3 is 2.71 bits per heavy atom. The van der Waals surface area contributed by atoms with Crippen LogP contribution in [-0.4, -0.2) is 35.7 Å². The third kappa shape index (κ3) is 2.45. The molecule has 0 saturated carbocycles. The highest BCUT2D eigenvalue weighted by Crippen LogP contribution is 2.26. The predicted molar refractivity (Wildman–Crippen MR) is 48.8 cm³/mol. The number of ether oxygens (including phenoxy) is 1. The van der Waals surface area contributed by atoms with Crippen molar-refractivity contribution < 1.29 is 19.4 Å². The number of hydrogen-bond acceptors (Lipinski definition) is 4. The molecule has 1 aliphatic heterocycles. The molecule has 0 aromatic heterocycles. The Hall–Kier alpha value is -1.10. The Balaban J connectivity index is 2.53. The molecule has 1 unspecified atom stereocenters. The second kappa shape index (κ2) is 3.96. The van der Waals surface area contributed by atoms with E-state index < -0.39 is 17.6 Å². The van der Waals surface area contributed by atoms with Gasteiger partial charge < -0.3 is 9.84 Å². The van der Waals surface area contributed by atoms with Crippen molar-refractivity contribution in [2.75, 3.05) is 7.11 Å². The van der Waals surface area contributed by atoms with Gasteiger partial charge in [0.2, 0.25) is 0 Å². The molecule has 0 bridgehead atoms. The molecule has 80 valence electrons. The lowest BCUT2D eigenvalue weighted by Crippen LogP contribution is -2.45. The second-order valence-electron chi connectivity index (χ2n) is 3.89. The first-order valence-electron chi connectivity index (χ1n) is 4.54. The first kappa shape index (κ1) is 11.0. The summed E-state index contributed by atoms with van der Waals surface area (Å²) in [6, 6.07) is -0.537. The van der Waals surface area contributed by atoms with E-state index in [4.69, 9.17) is 5.11 Å². The van der Waals surface area contributed by atoms with E-state index in [1.807, 2.05) is 6.92 Å². The second-order valence-corrected chi connectivity index (χ2v) is 3.89. The van der Waals surface area contributed by atoms with E-state index in [0.29, 0.717) is 12.8 Å². The monoisotopic (exact) mass is 201 g/mol. The Morgan fingerprint density at radius 1 is 1.64 bits per heavy atom. The molecule has 2 N–H and O–H groups in total. The molecule has 5 heteroatoms. The Labute approximate surface area is 82.4 Å². The number of carbonyl (C=O) groups is 2. The van der Waals surface area contributed by atoms with Crippen molar-refractivity contribution in [3.63, 3.8) is 0 Å². The smallest absolute Gasteiger partial charge is 0.320 e. The Kier molecular flexibility index (Phi) is 3.10. The number of aliphatic carboxylic acids is 1. The standard InChI is InChI=1S/C9H15NO4/c1-9(5-7(11)14-2)4-3-6(10-9)8(12)13/h6,10H,3-5H2,1-2H3,(H,12,13)/t6-,9?/m0/s1. The summed E-state index contributed by atoms with van der Waals surface area (Å²) in [7, 11) is 1.33. The summed E-state index contributed by atoms with van der Waals surface area (Å²) in [5.74, 6) is -1.18. The largest absolute Gasteiger partial charge is 0.480 e. The zero-order valence-corrected chi connectivity index (χ0v) is 8.37. The van der Waals surface area contributed by atoms with Crippen molar-refractivity contribution in [3.05, 3.63) is 0 Å². The highest BCUT2D eigenvalue weighted by Gasteiger charge is 2.39. The van der Waals surface area contributed by atoms with Crippen molar-refractivity contribution in [3.8, 4) is 0 Å². The number of esters is 1. The van der Waals surface area contributed by atoms with E-state index in [1.54, 1.807) is 0 Å². The van der Waals surface area contributed by atoms with Gasteiger partial charge in [0.05, 0.1) is 13.5 Å². The van der Waals surface area contributed by atoms with Crippen LogP contribution in [0.15, 0.2) is 0 Å². The highest BCUT2D eigenvalue weighted by atomic mass is 16.5. The van der Waals surface area contributed by atoms with Crippen LogP contribution >= 0.6 is 0 Å². The van der Waals surface area contributed by atoms with Gasteiger partial charge in [-0.05, 0) is 19.8 Å². The average Bonchev–Trinajstić information content (AvgIpc) is 2.47. The number of carboxylic acid groups (broad SMARTS) is 1. The lowest BCUT2D eigenvalue weighted by molar-refractivity contribution is -0.143. The molecule has 0 aromatic carbocycles. The first-order valence-corrected chi connectivity index (χ1v) is 4.54. The average molecular weight is 201 g/mol. The highest BCUT2D eigenvalue weighted by molar-refractivity contribution is 5.75. The molecule has 1 saturated heterocycles. The van der Waals surface area contributed by atoms with Crippen LogP contribution in [0.1, 0.15) is 26.2 Å². The number of carbonyl (C=O) groups excluding carboxylic acids is 1. The molecule has 0 amide bonds. The molecule has 5 nitrogen and oxygen atoms in total. The van der Waals surface area contributed by atoms with Crippen molar-refractivity contribution in [2.24, 2.45) is 0 Å². The van der Waals surface area contributed by atoms with Gasteiger partial charge in [0.15, 0.2) is 0 Å². The van der Waals surface area contributed by atoms with E-state index in [2.05, 4.69) is 10.1 Å². The van der Waals surface area contributed by atoms with E-state index in [1.165, 1.54) is 7.11 Å². The van der Waals surface area contributed by atoms with Crippen LogP contribution in [0, 0.1) is 0 Å². The van der Waals surface area contributed by atoms with Gasteiger partial charge in [-0.3, -0.25) is 14.9 Å². The van der Waals surface area contributed by atoms with Crippen molar-refractivity contribution >= 4 is 11.9 Å². The fourth-order valence-corrected chi connectivity index (χ4v) is 1.74. The maximum Gasteiger partial charge on any atom is 0.320 e. The lowest BCUT2D eigenvalue weighted by atomic mass is 9.96. The third-order valence-corrected chi connectivity index (χ3v) is 2.57. The molecule has 0 spiro atoms. The zero-order valence-electron chi connectivity index (χ0n) is 8.37. The normalized spacial score (nSPS) is 31.4. The summed E-state index contributed by atoms with van der Waals surface area (Å²) >= 11 is 0. The SMILES string of the molecule is COC(=O)CC1(C)CC[C@@H](C(=O)O)N1. The molecule has 1 rings (SSSR count). The van der Waals surface area contributed by atoms with E-state index in [-0.39, 0.29) is 12.4 Å². The van der Waals surface area contributed by atoms with Gasteiger partial charge in [-0.15, -0.1) is 0 Å². The summed E-state index contributed by atoms with van der Waals surface area (Å²) in [5.41, 5.74) is -0.434. The number of nitrogens with one attached hydrogen (secondary N) is 1. The molecule has 0 radical (unpaired) electrons. The quantitative estimate of drug-likeness (QED) is 0.635. The van der Waals surface area contributed by atoms with Crippen molar-refractivity contribution in [1.82, 2.24) is 5.32 Å². The Morgan fingerprint density at radius 2 is 2.29 bits per heavy atom. The van der Waals surface area contributed by atoms with Crippen LogP contribution < -0.4 is 5.32 Å². The molecule has 0 aliphatic carbocycles.